The lowest BCUT2D eigenvalue weighted by molar-refractivity contribution is -0.124. The molecule has 1 N–H and O–H groups in total. The fourth-order valence-corrected chi connectivity index (χ4v) is 2.08. The van der Waals surface area contributed by atoms with Gasteiger partial charge in [-0.25, -0.2) is 4.79 Å². The number of nitrogens with one attached hydrogen (secondary N) is 1. The number of benzene rings is 1. The van der Waals surface area contributed by atoms with E-state index in [2.05, 4.69) is 5.32 Å². The van der Waals surface area contributed by atoms with E-state index in [1.54, 1.807) is 18.2 Å². The predicted octanol–water partition coefficient (Wildman–Crippen LogP) is 2.17. The van der Waals surface area contributed by atoms with Crippen molar-refractivity contribution in [2.75, 3.05) is 20.8 Å². The van der Waals surface area contributed by atoms with E-state index in [9.17, 15) is 9.59 Å². The van der Waals surface area contributed by atoms with Crippen LogP contribution in [0.4, 0.5) is 0 Å². The maximum Gasteiger partial charge on any atom is 0.346 e. The topological polar surface area (TPSA) is 73.9 Å². The molecule has 0 aromatic heterocycles. The standard InChI is InChI=1S/C16H23NO5/c1-5-7-11(2)17-14(18)10-22-16(19)15-12(20-3)8-6-9-13(15)21-4/h6,8-9,11H,5,7,10H2,1-4H3,(H,17,18)/t11-/m1/s1. The molecule has 6 heteroatoms. The van der Waals surface area contributed by atoms with Crippen LogP contribution in [-0.2, 0) is 9.53 Å². The second-order valence-corrected chi connectivity index (χ2v) is 4.87. The average Bonchev–Trinajstić information content (AvgIpc) is 2.51. The second-order valence-electron chi connectivity index (χ2n) is 4.87. The zero-order valence-electron chi connectivity index (χ0n) is 13.5. The maximum atomic E-state index is 12.2. The number of ether oxygens (including phenoxy) is 3. The van der Waals surface area contributed by atoms with Crippen LogP contribution in [0, 0.1) is 0 Å². The summed E-state index contributed by atoms with van der Waals surface area (Å²) >= 11 is 0. The van der Waals surface area contributed by atoms with E-state index in [1.165, 1.54) is 14.2 Å². The minimum absolute atomic E-state index is 0.0528. The molecule has 0 bridgehead atoms. The quantitative estimate of drug-likeness (QED) is 0.745. The van der Waals surface area contributed by atoms with E-state index in [4.69, 9.17) is 14.2 Å². The molecule has 0 aliphatic heterocycles. The first kappa shape index (κ1) is 17.8. The SMILES string of the molecule is CCC[C@@H](C)NC(=O)COC(=O)c1c(OC)cccc1OC. The Balaban J connectivity index is 2.68. The summed E-state index contributed by atoms with van der Waals surface area (Å²) in [4.78, 5) is 23.9. The van der Waals surface area contributed by atoms with Gasteiger partial charge in [0.25, 0.3) is 5.91 Å². The van der Waals surface area contributed by atoms with Gasteiger partial charge in [0.05, 0.1) is 14.2 Å². The average molecular weight is 309 g/mol. The number of carbonyl (C=O) groups excluding carboxylic acids is 2. The first-order chi connectivity index (χ1) is 10.5. The van der Waals surface area contributed by atoms with E-state index in [0.717, 1.165) is 12.8 Å². The molecule has 0 heterocycles. The fraction of sp³-hybridized carbons (Fsp3) is 0.500. The Morgan fingerprint density at radius 2 is 1.77 bits per heavy atom. The van der Waals surface area contributed by atoms with Crippen LogP contribution in [0.15, 0.2) is 18.2 Å². The first-order valence-electron chi connectivity index (χ1n) is 7.20. The molecule has 1 rings (SSSR count). The Labute approximate surface area is 130 Å². The third kappa shape index (κ3) is 4.95. The van der Waals surface area contributed by atoms with Crippen LogP contribution >= 0.6 is 0 Å². The monoisotopic (exact) mass is 309 g/mol. The molecule has 0 saturated carbocycles. The van der Waals surface area contributed by atoms with E-state index in [0.29, 0.717) is 11.5 Å². The molecule has 0 radical (unpaired) electrons. The van der Waals surface area contributed by atoms with Gasteiger partial charge in [-0.1, -0.05) is 19.4 Å². The molecule has 0 aliphatic rings. The van der Waals surface area contributed by atoms with E-state index in [1.807, 2.05) is 13.8 Å². The third-order valence-corrected chi connectivity index (χ3v) is 3.10. The molecule has 1 aromatic carbocycles. The number of hydrogen-bond donors (Lipinski definition) is 1. The molecule has 0 fully saturated rings. The molecule has 0 saturated heterocycles. The van der Waals surface area contributed by atoms with Gasteiger partial charge in [0.2, 0.25) is 0 Å². The van der Waals surface area contributed by atoms with Gasteiger partial charge < -0.3 is 19.5 Å². The highest BCUT2D eigenvalue weighted by atomic mass is 16.5. The zero-order valence-corrected chi connectivity index (χ0v) is 13.5. The van der Waals surface area contributed by atoms with Gasteiger partial charge in [-0.15, -0.1) is 0 Å². The highest BCUT2D eigenvalue weighted by Crippen LogP contribution is 2.28. The Morgan fingerprint density at radius 3 is 2.27 bits per heavy atom. The molecule has 1 amide bonds. The van der Waals surface area contributed by atoms with Crippen molar-refractivity contribution < 1.29 is 23.8 Å². The Hall–Kier alpha value is -2.24. The van der Waals surface area contributed by atoms with Crippen molar-refractivity contribution in [3.05, 3.63) is 23.8 Å². The number of carbonyl (C=O) groups is 2. The van der Waals surface area contributed by atoms with Crippen LogP contribution in [0.3, 0.4) is 0 Å². The van der Waals surface area contributed by atoms with Gasteiger partial charge in [0, 0.05) is 6.04 Å². The highest BCUT2D eigenvalue weighted by Gasteiger charge is 2.20. The number of rotatable bonds is 8. The summed E-state index contributed by atoms with van der Waals surface area (Å²) in [5, 5.41) is 2.77. The van der Waals surface area contributed by atoms with Crippen molar-refractivity contribution in [2.24, 2.45) is 0 Å². The molecule has 1 atom stereocenters. The number of esters is 1. The summed E-state index contributed by atoms with van der Waals surface area (Å²) in [6.07, 6.45) is 1.85. The van der Waals surface area contributed by atoms with Crippen LogP contribution in [0.5, 0.6) is 11.5 Å². The van der Waals surface area contributed by atoms with Crippen molar-refractivity contribution in [1.82, 2.24) is 5.32 Å². The van der Waals surface area contributed by atoms with Crippen LogP contribution in [0.25, 0.3) is 0 Å². The van der Waals surface area contributed by atoms with Crippen LogP contribution in [-0.4, -0.2) is 38.7 Å². The molecular weight excluding hydrogens is 286 g/mol. The molecule has 0 aliphatic carbocycles. The third-order valence-electron chi connectivity index (χ3n) is 3.10. The van der Waals surface area contributed by atoms with E-state index >= 15 is 0 Å². The summed E-state index contributed by atoms with van der Waals surface area (Å²) in [5.41, 5.74) is 0.168. The predicted molar refractivity (Wildman–Crippen MR) is 82.3 cm³/mol. The Bertz CT molecular complexity index is 493. The highest BCUT2D eigenvalue weighted by molar-refractivity contribution is 5.96. The normalized spacial score (nSPS) is 11.5. The van der Waals surface area contributed by atoms with Crippen molar-refractivity contribution in [3.63, 3.8) is 0 Å². The summed E-state index contributed by atoms with van der Waals surface area (Å²) in [5.74, 6) is -0.316. The summed E-state index contributed by atoms with van der Waals surface area (Å²) in [7, 11) is 2.90. The maximum absolute atomic E-state index is 12.2. The van der Waals surface area contributed by atoms with Crippen molar-refractivity contribution in [2.45, 2.75) is 32.7 Å². The van der Waals surface area contributed by atoms with E-state index < -0.39 is 5.97 Å². The summed E-state index contributed by atoms with van der Waals surface area (Å²) < 4.78 is 15.3. The number of hydrogen-bond acceptors (Lipinski definition) is 5. The van der Waals surface area contributed by atoms with Gasteiger partial charge in [-0.2, -0.15) is 0 Å². The molecule has 6 nitrogen and oxygen atoms in total. The number of methoxy groups -OCH3 is 2. The second kappa shape index (κ2) is 8.92. The van der Waals surface area contributed by atoms with Crippen molar-refractivity contribution in [3.8, 4) is 11.5 Å². The summed E-state index contributed by atoms with van der Waals surface area (Å²) in [6, 6.07) is 5.01. The van der Waals surface area contributed by atoms with Crippen molar-refractivity contribution >= 4 is 11.9 Å². The minimum Gasteiger partial charge on any atom is -0.496 e. The molecule has 0 unspecified atom stereocenters. The smallest absolute Gasteiger partial charge is 0.346 e. The van der Waals surface area contributed by atoms with E-state index in [-0.39, 0.29) is 24.1 Å². The van der Waals surface area contributed by atoms with Crippen LogP contribution in [0.2, 0.25) is 0 Å². The molecule has 22 heavy (non-hydrogen) atoms. The molecule has 1 aromatic rings. The lowest BCUT2D eigenvalue weighted by Crippen LogP contribution is -2.35. The first-order valence-corrected chi connectivity index (χ1v) is 7.20. The molecule has 122 valence electrons. The fourth-order valence-electron chi connectivity index (χ4n) is 2.08. The zero-order chi connectivity index (χ0) is 16.5. The minimum atomic E-state index is -0.660. The molecule has 0 spiro atoms. The van der Waals surface area contributed by atoms with Gasteiger partial charge in [0.15, 0.2) is 6.61 Å². The Kier molecular flexibility index (Phi) is 7.22. The van der Waals surface area contributed by atoms with Gasteiger partial charge in [-0.3, -0.25) is 4.79 Å². The number of amides is 1. The van der Waals surface area contributed by atoms with Gasteiger partial charge in [-0.05, 0) is 25.5 Å². The van der Waals surface area contributed by atoms with Crippen molar-refractivity contribution in [1.29, 1.82) is 0 Å². The molecular formula is C16H23NO5. The van der Waals surface area contributed by atoms with Gasteiger partial charge >= 0.3 is 5.97 Å². The lowest BCUT2D eigenvalue weighted by atomic mass is 10.2. The lowest BCUT2D eigenvalue weighted by Gasteiger charge is -2.14. The Morgan fingerprint density at radius 1 is 1.18 bits per heavy atom. The largest absolute Gasteiger partial charge is 0.496 e. The van der Waals surface area contributed by atoms with Gasteiger partial charge in [0.1, 0.15) is 17.1 Å². The van der Waals surface area contributed by atoms with Crippen LogP contribution < -0.4 is 14.8 Å². The van der Waals surface area contributed by atoms with Crippen LogP contribution in [0.1, 0.15) is 37.0 Å². The summed E-state index contributed by atoms with van der Waals surface area (Å²) in [6.45, 7) is 3.61.